The Balaban J connectivity index is 1.28. The smallest absolute Gasteiger partial charge is 0.410 e. The van der Waals surface area contributed by atoms with Crippen molar-refractivity contribution in [3.8, 4) is 0 Å². The van der Waals surface area contributed by atoms with E-state index in [1.165, 1.54) is 15.9 Å². The lowest BCUT2D eigenvalue weighted by Crippen LogP contribution is -2.61. The Kier molecular flexibility index (Phi) is 10.2. The molecule has 14 nitrogen and oxygen atoms in total. The van der Waals surface area contributed by atoms with E-state index in [2.05, 4.69) is 34.1 Å². The van der Waals surface area contributed by atoms with Crippen LogP contribution in [0.25, 0.3) is 6.08 Å². The largest absolute Gasteiger partial charge is 0.444 e. The summed E-state index contributed by atoms with van der Waals surface area (Å²) in [6.45, 7) is 10.2. The van der Waals surface area contributed by atoms with Crippen LogP contribution in [0.1, 0.15) is 82.4 Å². The van der Waals surface area contributed by atoms with E-state index in [0.717, 1.165) is 36.0 Å². The van der Waals surface area contributed by atoms with Gasteiger partial charge in [-0.05, 0) is 60.6 Å². The second kappa shape index (κ2) is 14.2. The van der Waals surface area contributed by atoms with E-state index in [4.69, 9.17) is 4.74 Å². The van der Waals surface area contributed by atoms with Gasteiger partial charge in [0.25, 0.3) is 5.91 Å². The number of hydrogen-bond donors (Lipinski definition) is 3. The van der Waals surface area contributed by atoms with Gasteiger partial charge in [-0.1, -0.05) is 57.2 Å². The maximum Gasteiger partial charge on any atom is 0.410 e. The van der Waals surface area contributed by atoms with Crippen molar-refractivity contribution >= 4 is 45.9 Å². The van der Waals surface area contributed by atoms with Gasteiger partial charge in [0.15, 0.2) is 0 Å². The fourth-order valence-corrected chi connectivity index (χ4v) is 8.68. The van der Waals surface area contributed by atoms with Gasteiger partial charge in [-0.25, -0.2) is 18.0 Å². The van der Waals surface area contributed by atoms with Gasteiger partial charge in [0.05, 0.1) is 18.3 Å². The Morgan fingerprint density at radius 3 is 2.54 bits per heavy atom. The number of nitrogens with one attached hydrogen (secondary N) is 3. The quantitative estimate of drug-likeness (QED) is 0.374. The molecule has 1 aromatic rings. The van der Waals surface area contributed by atoms with Crippen molar-refractivity contribution in [3.63, 3.8) is 0 Å². The molecule has 6 rings (SSSR count). The van der Waals surface area contributed by atoms with Crippen molar-refractivity contribution in [3.05, 3.63) is 53.6 Å². The van der Waals surface area contributed by atoms with E-state index < -0.39 is 80.2 Å². The zero-order valence-corrected chi connectivity index (χ0v) is 31.2. The van der Waals surface area contributed by atoms with Crippen LogP contribution in [0, 0.1) is 11.3 Å². The molecule has 0 aromatic heterocycles. The minimum absolute atomic E-state index is 0.0698. The Labute approximate surface area is 305 Å². The summed E-state index contributed by atoms with van der Waals surface area (Å²) < 4.78 is 33.5. The van der Waals surface area contributed by atoms with Gasteiger partial charge < -0.3 is 25.2 Å². The summed E-state index contributed by atoms with van der Waals surface area (Å²) in [5.41, 5.74) is 0.707. The number of carbonyl (C=O) groups excluding carboxylic acids is 5. The zero-order chi connectivity index (χ0) is 37.6. The molecule has 4 bridgehead atoms. The predicted molar refractivity (Wildman–Crippen MR) is 193 cm³/mol. The lowest BCUT2D eigenvalue weighted by atomic mass is 9.85. The van der Waals surface area contributed by atoms with E-state index in [1.54, 1.807) is 32.7 Å². The molecule has 0 unspecified atom stereocenters. The first-order chi connectivity index (χ1) is 24.5. The van der Waals surface area contributed by atoms with E-state index >= 15 is 0 Å². The number of sulfonamides is 1. The number of fused-ring (bicyclic) bond motifs is 3. The van der Waals surface area contributed by atoms with Crippen LogP contribution in [0.15, 0.2) is 36.9 Å². The predicted octanol–water partition coefficient (Wildman–Crippen LogP) is 3.03. The fraction of sp³-hybridized carbons (Fsp3) is 0.595. The molecule has 6 amide bonds. The molecule has 1 saturated heterocycles. The van der Waals surface area contributed by atoms with Crippen LogP contribution in [0.2, 0.25) is 0 Å². The number of ether oxygens (including phenoxy) is 1. The molecule has 3 aliphatic heterocycles. The average molecular weight is 739 g/mol. The normalized spacial score (nSPS) is 29.2. The number of urea groups is 1. The summed E-state index contributed by atoms with van der Waals surface area (Å²) in [6, 6.07) is 3.25. The first kappa shape index (κ1) is 37.4. The number of hydrogen-bond acceptors (Lipinski definition) is 8. The van der Waals surface area contributed by atoms with E-state index in [9.17, 15) is 32.4 Å². The van der Waals surface area contributed by atoms with Crippen LogP contribution in [-0.2, 0) is 42.2 Å². The van der Waals surface area contributed by atoms with E-state index in [-0.39, 0.29) is 19.4 Å². The van der Waals surface area contributed by atoms with Crippen LogP contribution in [0.3, 0.4) is 0 Å². The van der Waals surface area contributed by atoms with Crippen LogP contribution in [0.4, 0.5) is 9.59 Å². The molecule has 1 aromatic carbocycles. The number of allylic oxidation sites excluding steroid dienone is 1. The molecule has 3 N–H and O–H groups in total. The third kappa shape index (κ3) is 7.69. The summed E-state index contributed by atoms with van der Waals surface area (Å²) in [5.74, 6) is -2.63. The first-order valence-corrected chi connectivity index (χ1v) is 19.6. The number of amides is 6. The minimum Gasteiger partial charge on any atom is -0.444 e. The molecule has 5 aliphatic rings. The summed E-state index contributed by atoms with van der Waals surface area (Å²) in [4.78, 5) is 73.6. The lowest BCUT2D eigenvalue weighted by Gasteiger charge is -2.36. The first-order valence-electron chi connectivity index (χ1n) is 18.1. The van der Waals surface area contributed by atoms with Gasteiger partial charge in [-0.2, -0.15) is 0 Å². The highest BCUT2D eigenvalue weighted by Gasteiger charge is 2.62. The van der Waals surface area contributed by atoms with Crippen LogP contribution in [-0.4, -0.2) is 102 Å². The number of benzene rings is 1. The molecule has 3 fully saturated rings. The Morgan fingerprint density at radius 1 is 1.12 bits per heavy atom. The second-order valence-electron chi connectivity index (χ2n) is 15.8. The summed E-state index contributed by atoms with van der Waals surface area (Å²) in [5, 5.41) is 5.00. The van der Waals surface area contributed by atoms with Crippen LogP contribution < -0.4 is 15.4 Å². The van der Waals surface area contributed by atoms with E-state index in [0.29, 0.717) is 32.5 Å². The minimum atomic E-state index is -3.90. The molecule has 2 saturated carbocycles. The summed E-state index contributed by atoms with van der Waals surface area (Å²) in [6.07, 6.45) is 7.54. The fourth-order valence-electron chi connectivity index (χ4n) is 7.32. The highest BCUT2D eigenvalue weighted by Crippen LogP contribution is 2.45. The SMILES string of the molecule is C=C[C@H]1C[C@]1(NC(=O)[C@@H]1C[C@@H]2CN1C(=O)[C@H](C(C)(C)C)NC(=O)N(C)CCCC/C=C/c1cccc3c1CN(C3)C(=O)O2)C(=O)NS(=O)(=O)C1CC1. The van der Waals surface area contributed by atoms with Gasteiger partial charge >= 0.3 is 12.1 Å². The van der Waals surface area contributed by atoms with Crippen molar-refractivity contribution in [2.24, 2.45) is 11.3 Å². The maximum absolute atomic E-state index is 14.5. The summed E-state index contributed by atoms with van der Waals surface area (Å²) in [7, 11) is -2.24. The van der Waals surface area contributed by atoms with Gasteiger partial charge in [0.2, 0.25) is 21.8 Å². The zero-order valence-electron chi connectivity index (χ0n) is 30.4. The highest BCUT2D eigenvalue weighted by molar-refractivity contribution is 7.91. The standard InChI is InChI=1S/C37H50N6O8S/c1-6-25-19-37(25,33(46)40-52(49,50)27-15-16-27)39-31(44)29-18-26-21-43(29)32(45)30(36(2,3)4)38-34(47)41(5)17-10-8-7-9-12-23-13-11-14-24-20-42(22-28(23)24)35(48)51-26/h6,9,11-14,25-27,29-30H,1,7-8,10,15-22H2,2-5H3,(H,38,47)(H,39,44)(H,40,46)/b12-9+/t25-,26+,29-,30+,37+/m0/s1. The van der Waals surface area contributed by atoms with Gasteiger partial charge in [-0.15, -0.1) is 6.58 Å². The van der Waals surface area contributed by atoms with Gasteiger partial charge in [0.1, 0.15) is 23.7 Å². The van der Waals surface area contributed by atoms with E-state index in [1.807, 2.05) is 18.2 Å². The third-order valence-electron chi connectivity index (χ3n) is 10.8. The molecule has 2 aliphatic carbocycles. The topological polar surface area (TPSA) is 175 Å². The van der Waals surface area contributed by atoms with Crippen LogP contribution in [0.5, 0.6) is 0 Å². The average Bonchev–Trinajstić information content (AvgIpc) is 3.97. The molecule has 15 heteroatoms. The van der Waals surface area contributed by atoms with Gasteiger partial charge in [-0.3, -0.25) is 24.0 Å². The highest BCUT2D eigenvalue weighted by atomic mass is 32.2. The number of rotatable bonds is 6. The van der Waals surface area contributed by atoms with Crippen molar-refractivity contribution in [1.29, 1.82) is 0 Å². The number of carbonyl (C=O) groups is 5. The Bertz CT molecular complexity index is 1790. The molecule has 5 atom stereocenters. The van der Waals surface area contributed by atoms with Crippen molar-refractivity contribution in [2.45, 2.75) is 108 Å². The third-order valence-corrected chi connectivity index (χ3v) is 12.6. The van der Waals surface area contributed by atoms with Crippen molar-refractivity contribution in [1.82, 2.24) is 30.1 Å². The molecular weight excluding hydrogens is 689 g/mol. The van der Waals surface area contributed by atoms with Gasteiger partial charge in [0, 0.05) is 32.5 Å². The molecule has 282 valence electrons. The molecule has 52 heavy (non-hydrogen) atoms. The monoisotopic (exact) mass is 738 g/mol. The summed E-state index contributed by atoms with van der Waals surface area (Å²) >= 11 is 0. The van der Waals surface area contributed by atoms with Crippen molar-refractivity contribution in [2.75, 3.05) is 20.1 Å². The molecule has 0 spiro atoms. The van der Waals surface area contributed by atoms with Crippen molar-refractivity contribution < 1.29 is 37.1 Å². The number of nitrogens with zero attached hydrogens (tertiary/aromatic N) is 3. The molecule has 0 radical (unpaired) electrons. The Morgan fingerprint density at radius 2 is 1.87 bits per heavy atom. The lowest BCUT2D eigenvalue weighted by molar-refractivity contribution is -0.142. The second-order valence-corrected chi connectivity index (χ2v) is 17.8. The van der Waals surface area contributed by atoms with Crippen LogP contribution >= 0.6 is 0 Å². The molecular formula is C37H50N6O8S. The Hall–Kier alpha value is -4.40. The maximum atomic E-state index is 14.5. The molecule has 3 heterocycles.